The number of rotatable bonds is 4. The summed E-state index contributed by atoms with van der Waals surface area (Å²) in [6.07, 6.45) is 1.49. The first kappa shape index (κ1) is 11.7. The van der Waals surface area contributed by atoms with Crippen molar-refractivity contribution in [3.63, 3.8) is 0 Å². The Bertz CT molecular complexity index is 513. The van der Waals surface area contributed by atoms with Crippen molar-refractivity contribution >= 4 is 17.5 Å². The molecule has 0 aliphatic heterocycles. The highest BCUT2D eigenvalue weighted by Gasteiger charge is 2.09. The fourth-order valence-corrected chi connectivity index (χ4v) is 1.34. The summed E-state index contributed by atoms with van der Waals surface area (Å²) >= 11 is 5.94. The van der Waals surface area contributed by atoms with Crippen molar-refractivity contribution in [3.8, 4) is 11.8 Å². The van der Waals surface area contributed by atoms with Gasteiger partial charge in [0.15, 0.2) is 0 Å². The third-order valence-electron chi connectivity index (χ3n) is 1.93. The van der Waals surface area contributed by atoms with Crippen LogP contribution in [0.15, 0.2) is 12.3 Å². The topological polar surface area (TPSA) is 75.7 Å². The van der Waals surface area contributed by atoms with Gasteiger partial charge in [-0.1, -0.05) is 11.6 Å². The summed E-state index contributed by atoms with van der Waals surface area (Å²) in [4.78, 5) is 8.15. The molecule has 0 aromatic carbocycles. The molecule has 0 radical (unpaired) electrons. The Morgan fingerprint density at radius 3 is 3.00 bits per heavy atom. The predicted octanol–water partition coefficient (Wildman–Crippen LogP) is 2.39. The van der Waals surface area contributed by atoms with Crippen molar-refractivity contribution in [2.24, 2.45) is 0 Å². The Labute approximate surface area is 103 Å². The maximum absolute atomic E-state index is 5.94. The SMILES string of the molecule is CCNc1ncc(Cl)c(Oc2cc(C)[nH]n2)n1. The van der Waals surface area contributed by atoms with E-state index in [2.05, 4.69) is 25.5 Å². The predicted molar refractivity (Wildman–Crippen MR) is 64.6 cm³/mol. The maximum atomic E-state index is 5.94. The van der Waals surface area contributed by atoms with Crippen molar-refractivity contribution in [3.05, 3.63) is 23.0 Å². The first-order valence-electron chi connectivity index (χ1n) is 5.15. The lowest BCUT2D eigenvalue weighted by Gasteiger charge is -2.05. The smallest absolute Gasteiger partial charge is 0.245 e. The van der Waals surface area contributed by atoms with Crippen molar-refractivity contribution in [1.29, 1.82) is 0 Å². The Kier molecular flexibility index (Phi) is 3.43. The monoisotopic (exact) mass is 253 g/mol. The van der Waals surface area contributed by atoms with E-state index in [1.54, 1.807) is 6.07 Å². The average Bonchev–Trinajstić information content (AvgIpc) is 2.69. The molecule has 2 N–H and O–H groups in total. The van der Waals surface area contributed by atoms with Gasteiger partial charge in [-0.3, -0.25) is 5.10 Å². The van der Waals surface area contributed by atoms with Crippen molar-refractivity contribution in [2.75, 3.05) is 11.9 Å². The molecule has 2 aromatic heterocycles. The number of aromatic amines is 1. The quantitative estimate of drug-likeness (QED) is 0.875. The minimum Gasteiger partial charge on any atom is -0.417 e. The molecule has 0 bridgehead atoms. The van der Waals surface area contributed by atoms with Gasteiger partial charge in [-0.25, -0.2) is 4.98 Å². The standard InChI is InChI=1S/C10H12ClN5O/c1-3-12-10-13-5-7(11)9(14-10)17-8-4-6(2)15-16-8/h4-5H,3H2,1-2H3,(H,15,16)(H,12,13,14). The third-order valence-corrected chi connectivity index (χ3v) is 2.19. The van der Waals surface area contributed by atoms with Crippen LogP contribution in [-0.2, 0) is 0 Å². The molecular weight excluding hydrogens is 242 g/mol. The van der Waals surface area contributed by atoms with Gasteiger partial charge >= 0.3 is 0 Å². The van der Waals surface area contributed by atoms with Gasteiger partial charge < -0.3 is 10.1 Å². The molecule has 90 valence electrons. The van der Waals surface area contributed by atoms with Crippen LogP contribution in [0.5, 0.6) is 11.8 Å². The first-order valence-corrected chi connectivity index (χ1v) is 5.53. The molecule has 2 rings (SSSR count). The maximum Gasteiger partial charge on any atom is 0.245 e. The fraction of sp³-hybridized carbons (Fsp3) is 0.300. The van der Waals surface area contributed by atoms with Crippen molar-refractivity contribution in [2.45, 2.75) is 13.8 Å². The van der Waals surface area contributed by atoms with Crippen LogP contribution >= 0.6 is 11.6 Å². The summed E-state index contributed by atoms with van der Waals surface area (Å²) in [7, 11) is 0. The lowest BCUT2D eigenvalue weighted by molar-refractivity contribution is 0.443. The summed E-state index contributed by atoms with van der Waals surface area (Å²) in [6.45, 7) is 4.56. The number of anilines is 1. The molecule has 2 heterocycles. The highest BCUT2D eigenvalue weighted by molar-refractivity contribution is 6.31. The molecule has 7 heteroatoms. The minimum atomic E-state index is 0.282. The molecule has 0 aliphatic carbocycles. The molecule has 6 nitrogen and oxygen atoms in total. The summed E-state index contributed by atoms with van der Waals surface area (Å²) in [6, 6.07) is 1.76. The second kappa shape index (κ2) is 5.01. The Hall–Kier alpha value is -1.82. The van der Waals surface area contributed by atoms with Gasteiger partial charge in [0.25, 0.3) is 0 Å². The van der Waals surface area contributed by atoms with Gasteiger partial charge in [0, 0.05) is 18.3 Å². The number of hydrogen-bond donors (Lipinski definition) is 2. The molecule has 17 heavy (non-hydrogen) atoms. The molecule has 0 atom stereocenters. The zero-order valence-electron chi connectivity index (χ0n) is 9.49. The van der Waals surface area contributed by atoms with Crippen LogP contribution in [0, 0.1) is 6.92 Å². The van der Waals surface area contributed by atoms with E-state index in [-0.39, 0.29) is 5.88 Å². The number of nitrogens with zero attached hydrogens (tertiary/aromatic N) is 3. The van der Waals surface area contributed by atoms with Gasteiger partial charge in [-0.15, -0.1) is 5.10 Å². The van der Waals surface area contributed by atoms with Gasteiger partial charge in [-0.05, 0) is 13.8 Å². The van der Waals surface area contributed by atoms with E-state index in [9.17, 15) is 0 Å². The van der Waals surface area contributed by atoms with Crippen molar-refractivity contribution < 1.29 is 4.74 Å². The summed E-state index contributed by atoms with van der Waals surface area (Å²) in [5, 5.41) is 10.0. The van der Waals surface area contributed by atoms with Crippen LogP contribution in [-0.4, -0.2) is 26.7 Å². The summed E-state index contributed by atoms with van der Waals surface area (Å²) in [5.41, 5.74) is 0.900. The highest BCUT2D eigenvalue weighted by atomic mass is 35.5. The molecule has 0 aliphatic rings. The van der Waals surface area contributed by atoms with E-state index in [0.717, 1.165) is 12.2 Å². The molecule has 0 amide bonds. The summed E-state index contributed by atoms with van der Waals surface area (Å²) < 4.78 is 5.45. The molecule has 2 aromatic rings. The van der Waals surface area contributed by atoms with Crippen LogP contribution < -0.4 is 10.1 Å². The minimum absolute atomic E-state index is 0.282. The van der Waals surface area contributed by atoms with Crippen LogP contribution in [0.2, 0.25) is 5.02 Å². The van der Waals surface area contributed by atoms with Crippen LogP contribution in [0.25, 0.3) is 0 Å². The van der Waals surface area contributed by atoms with E-state index in [0.29, 0.717) is 16.9 Å². The molecule has 0 saturated carbocycles. The largest absolute Gasteiger partial charge is 0.417 e. The lowest BCUT2D eigenvalue weighted by atomic mass is 10.5. The Morgan fingerprint density at radius 1 is 1.53 bits per heavy atom. The molecule has 0 fully saturated rings. The van der Waals surface area contributed by atoms with Crippen LogP contribution in [0.4, 0.5) is 5.95 Å². The zero-order valence-corrected chi connectivity index (χ0v) is 10.2. The molecule has 0 saturated heterocycles. The van der Waals surface area contributed by atoms with E-state index in [1.807, 2.05) is 13.8 Å². The number of halogens is 1. The van der Waals surface area contributed by atoms with Gasteiger partial charge in [-0.2, -0.15) is 4.98 Å². The van der Waals surface area contributed by atoms with Gasteiger partial charge in [0.2, 0.25) is 17.7 Å². The second-order valence-electron chi connectivity index (χ2n) is 3.37. The lowest BCUT2D eigenvalue weighted by Crippen LogP contribution is -2.02. The van der Waals surface area contributed by atoms with Gasteiger partial charge in [0.1, 0.15) is 5.02 Å². The first-order chi connectivity index (χ1) is 8.19. The second-order valence-corrected chi connectivity index (χ2v) is 3.78. The van der Waals surface area contributed by atoms with Crippen LogP contribution in [0.3, 0.4) is 0 Å². The van der Waals surface area contributed by atoms with E-state index in [4.69, 9.17) is 16.3 Å². The fourth-order valence-electron chi connectivity index (χ4n) is 1.21. The molecule has 0 unspecified atom stereocenters. The number of aromatic nitrogens is 4. The molecule has 0 spiro atoms. The Balaban J connectivity index is 2.22. The molecular formula is C10H12ClN5O. The number of ether oxygens (including phenoxy) is 1. The zero-order chi connectivity index (χ0) is 12.3. The van der Waals surface area contributed by atoms with E-state index in [1.165, 1.54) is 6.20 Å². The van der Waals surface area contributed by atoms with Crippen LogP contribution in [0.1, 0.15) is 12.6 Å². The number of aryl methyl sites for hydroxylation is 1. The van der Waals surface area contributed by atoms with E-state index < -0.39 is 0 Å². The average molecular weight is 254 g/mol. The third kappa shape index (κ3) is 2.85. The van der Waals surface area contributed by atoms with Crippen molar-refractivity contribution in [1.82, 2.24) is 20.2 Å². The highest BCUT2D eigenvalue weighted by Crippen LogP contribution is 2.26. The normalized spacial score (nSPS) is 10.3. The van der Waals surface area contributed by atoms with E-state index >= 15 is 0 Å². The number of nitrogens with one attached hydrogen (secondary N) is 2. The summed E-state index contributed by atoms with van der Waals surface area (Å²) in [5.74, 6) is 1.17. The number of H-pyrrole nitrogens is 1. The Morgan fingerprint density at radius 2 is 2.35 bits per heavy atom. The number of hydrogen-bond acceptors (Lipinski definition) is 5. The van der Waals surface area contributed by atoms with Gasteiger partial charge in [0.05, 0.1) is 6.20 Å².